The highest BCUT2D eigenvalue weighted by atomic mass is 35.5. The minimum Gasteiger partial charge on any atom is -0.316 e. The van der Waals surface area contributed by atoms with E-state index in [0.29, 0.717) is 0 Å². The standard InChI is InChI=1S/C7H13F2N.ClH/c8-7(9)4-6-2-1-3-10-5-6;/h6-7,10H,1-5H2;1H. The molecule has 1 unspecified atom stereocenters. The Morgan fingerprint density at radius 1 is 1.45 bits per heavy atom. The molecule has 0 bridgehead atoms. The summed E-state index contributed by atoms with van der Waals surface area (Å²) in [5.41, 5.74) is 0. The summed E-state index contributed by atoms with van der Waals surface area (Å²) in [5, 5.41) is 3.11. The number of rotatable bonds is 2. The third-order valence-electron chi connectivity index (χ3n) is 1.91. The molecule has 0 aromatic rings. The zero-order valence-corrected chi connectivity index (χ0v) is 7.17. The molecule has 11 heavy (non-hydrogen) atoms. The molecule has 0 spiro atoms. The summed E-state index contributed by atoms with van der Waals surface area (Å²) in [7, 11) is 0. The van der Waals surface area contributed by atoms with Crippen LogP contribution < -0.4 is 5.32 Å². The minimum absolute atomic E-state index is 0. The van der Waals surface area contributed by atoms with Crippen LogP contribution in [0.4, 0.5) is 8.78 Å². The highest BCUT2D eigenvalue weighted by Crippen LogP contribution is 2.17. The molecule has 68 valence electrons. The lowest BCUT2D eigenvalue weighted by Gasteiger charge is -2.21. The minimum atomic E-state index is -2.12. The van der Waals surface area contributed by atoms with Crippen molar-refractivity contribution in [1.29, 1.82) is 0 Å². The third kappa shape index (κ3) is 4.53. The maximum atomic E-state index is 11.8. The second-order valence-corrected chi connectivity index (χ2v) is 2.84. The van der Waals surface area contributed by atoms with E-state index in [1.54, 1.807) is 0 Å². The number of piperidine rings is 1. The van der Waals surface area contributed by atoms with Crippen LogP contribution in [-0.4, -0.2) is 19.5 Å². The van der Waals surface area contributed by atoms with Gasteiger partial charge in [0.1, 0.15) is 0 Å². The smallest absolute Gasteiger partial charge is 0.238 e. The Bertz CT molecular complexity index is 94.4. The maximum absolute atomic E-state index is 11.8. The van der Waals surface area contributed by atoms with Crippen molar-refractivity contribution in [3.8, 4) is 0 Å². The fourth-order valence-corrected chi connectivity index (χ4v) is 1.38. The summed E-state index contributed by atoms with van der Waals surface area (Å²) < 4.78 is 23.6. The first-order valence-electron chi connectivity index (χ1n) is 3.78. The van der Waals surface area contributed by atoms with E-state index < -0.39 is 6.43 Å². The lowest BCUT2D eigenvalue weighted by molar-refractivity contribution is 0.107. The van der Waals surface area contributed by atoms with Gasteiger partial charge in [-0.2, -0.15) is 0 Å². The van der Waals surface area contributed by atoms with Crippen molar-refractivity contribution in [2.45, 2.75) is 25.7 Å². The van der Waals surface area contributed by atoms with Gasteiger partial charge in [-0.3, -0.25) is 0 Å². The van der Waals surface area contributed by atoms with Crippen molar-refractivity contribution in [1.82, 2.24) is 5.32 Å². The van der Waals surface area contributed by atoms with E-state index >= 15 is 0 Å². The van der Waals surface area contributed by atoms with E-state index in [0.717, 1.165) is 25.9 Å². The Balaban J connectivity index is 0.000001000. The molecule has 0 saturated carbocycles. The monoisotopic (exact) mass is 185 g/mol. The van der Waals surface area contributed by atoms with Gasteiger partial charge in [0.2, 0.25) is 6.43 Å². The van der Waals surface area contributed by atoms with Gasteiger partial charge in [0.15, 0.2) is 0 Å². The number of hydrogen-bond acceptors (Lipinski definition) is 1. The van der Waals surface area contributed by atoms with Crippen molar-refractivity contribution < 1.29 is 8.78 Å². The zero-order valence-electron chi connectivity index (χ0n) is 6.35. The third-order valence-corrected chi connectivity index (χ3v) is 1.91. The van der Waals surface area contributed by atoms with Crippen LogP contribution >= 0.6 is 12.4 Å². The molecule has 1 aliphatic rings. The van der Waals surface area contributed by atoms with Crippen molar-refractivity contribution >= 4 is 12.4 Å². The number of alkyl halides is 2. The molecule has 1 nitrogen and oxygen atoms in total. The van der Waals surface area contributed by atoms with E-state index in [1.165, 1.54) is 0 Å². The summed E-state index contributed by atoms with van der Waals surface area (Å²) in [4.78, 5) is 0. The Hall–Kier alpha value is 0.110. The fraction of sp³-hybridized carbons (Fsp3) is 1.00. The molecule has 0 radical (unpaired) electrons. The Morgan fingerprint density at radius 3 is 2.64 bits per heavy atom. The van der Waals surface area contributed by atoms with E-state index in [1.807, 2.05) is 0 Å². The largest absolute Gasteiger partial charge is 0.316 e. The van der Waals surface area contributed by atoms with Gasteiger partial charge >= 0.3 is 0 Å². The number of halogens is 3. The molecular weight excluding hydrogens is 172 g/mol. The van der Waals surface area contributed by atoms with Crippen LogP contribution in [0.5, 0.6) is 0 Å². The SMILES string of the molecule is Cl.FC(F)CC1CCCNC1. The van der Waals surface area contributed by atoms with Crippen LogP contribution in [0.2, 0.25) is 0 Å². The second kappa shape index (κ2) is 5.72. The summed E-state index contributed by atoms with van der Waals surface area (Å²) in [6, 6.07) is 0. The molecule has 1 heterocycles. The Labute approximate surface area is 72.0 Å². The molecule has 0 aliphatic carbocycles. The predicted octanol–water partition coefficient (Wildman–Crippen LogP) is 2.06. The topological polar surface area (TPSA) is 12.0 Å². The molecule has 0 amide bonds. The first-order valence-corrected chi connectivity index (χ1v) is 3.78. The van der Waals surface area contributed by atoms with Gasteiger partial charge in [-0.1, -0.05) is 0 Å². The molecule has 0 aromatic carbocycles. The summed E-state index contributed by atoms with van der Waals surface area (Å²) in [6.07, 6.45) is -0.0215. The number of hydrogen-bond donors (Lipinski definition) is 1. The fourth-order valence-electron chi connectivity index (χ4n) is 1.38. The molecule has 1 atom stereocenters. The van der Waals surface area contributed by atoms with Crippen molar-refractivity contribution in [3.63, 3.8) is 0 Å². The lowest BCUT2D eigenvalue weighted by Crippen LogP contribution is -2.30. The van der Waals surface area contributed by atoms with Gasteiger partial charge in [-0.15, -0.1) is 12.4 Å². The van der Waals surface area contributed by atoms with E-state index in [4.69, 9.17) is 0 Å². The molecule has 1 saturated heterocycles. The summed E-state index contributed by atoms with van der Waals surface area (Å²) in [6.45, 7) is 1.78. The molecule has 1 rings (SSSR count). The highest BCUT2D eigenvalue weighted by Gasteiger charge is 2.16. The van der Waals surface area contributed by atoms with E-state index in [9.17, 15) is 8.78 Å². The number of nitrogens with one attached hydrogen (secondary N) is 1. The predicted molar refractivity (Wildman–Crippen MR) is 43.5 cm³/mol. The van der Waals surface area contributed by atoms with Gasteiger partial charge in [-0.25, -0.2) is 8.78 Å². The first kappa shape index (κ1) is 11.1. The maximum Gasteiger partial charge on any atom is 0.238 e. The van der Waals surface area contributed by atoms with Crippen LogP contribution in [0.1, 0.15) is 19.3 Å². The van der Waals surface area contributed by atoms with Crippen molar-refractivity contribution in [3.05, 3.63) is 0 Å². The van der Waals surface area contributed by atoms with Crippen LogP contribution in [0, 0.1) is 5.92 Å². The van der Waals surface area contributed by atoms with Gasteiger partial charge in [0, 0.05) is 6.42 Å². The molecule has 1 N–H and O–H groups in total. The van der Waals surface area contributed by atoms with Crippen LogP contribution in [-0.2, 0) is 0 Å². The summed E-state index contributed by atoms with van der Waals surface area (Å²) in [5.74, 6) is 0.216. The lowest BCUT2D eigenvalue weighted by atomic mass is 9.97. The average molecular weight is 186 g/mol. The Kier molecular flexibility index (Phi) is 5.78. The van der Waals surface area contributed by atoms with Crippen molar-refractivity contribution in [2.24, 2.45) is 5.92 Å². The Morgan fingerprint density at radius 2 is 2.18 bits per heavy atom. The quantitative estimate of drug-likeness (QED) is 0.695. The molecule has 4 heteroatoms. The molecule has 0 aromatic heterocycles. The van der Waals surface area contributed by atoms with Crippen LogP contribution in [0.15, 0.2) is 0 Å². The van der Waals surface area contributed by atoms with Crippen molar-refractivity contribution in [2.75, 3.05) is 13.1 Å². The second-order valence-electron chi connectivity index (χ2n) is 2.84. The molecule has 1 aliphatic heterocycles. The van der Waals surface area contributed by atoms with E-state index in [2.05, 4.69) is 5.32 Å². The van der Waals surface area contributed by atoms with Gasteiger partial charge in [0.25, 0.3) is 0 Å². The normalized spacial score (nSPS) is 24.8. The van der Waals surface area contributed by atoms with Crippen LogP contribution in [0.3, 0.4) is 0 Å². The van der Waals surface area contributed by atoms with Crippen LogP contribution in [0.25, 0.3) is 0 Å². The van der Waals surface area contributed by atoms with E-state index in [-0.39, 0.29) is 24.7 Å². The molecule has 1 fully saturated rings. The zero-order chi connectivity index (χ0) is 7.40. The van der Waals surface area contributed by atoms with Gasteiger partial charge in [-0.05, 0) is 31.8 Å². The highest BCUT2D eigenvalue weighted by molar-refractivity contribution is 5.85. The van der Waals surface area contributed by atoms with Gasteiger partial charge in [0.05, 0.1) is 0 Å². The summed E-state index contributed by atoms with van der Waals surface area (Å²) >= 11 is 0. The average Bonchev–Trinajstić information content (AvgIpc) is 1.88. The van der Waals surface area contributed by atoms with Gasteiger partial charge < -0.3 is 5.32 Å². The molecular formula is C7H14ClF2N. The first-order chi connectivity index (χ1) is 4.79.